The summed E-state index contributed by atoms with van der Waals surface area (Å²) in [5.41, 5.74) is 4.58. The van der Waals surface area contributed by atoms with E-state index in [1.54, 1.807) is 0 Å². The fourth-order valence-electron chi connectivity index (χ4n) is 4.28. The van der Waals surface area contributed by atoms with Crippen molar-refractivity contribution in [1.29, 1.82) is 0 Å². The van der Waals surface area contributed by atoms with Crippen LogP contribution in [0.3, 0.4) is 0 Å². The summed E-state index contributed by atoms with van der Waals surface area (Å²) < 4.78 is 0. The van der Waals surface area contributed by atoms with Gasteiger partial charge in [0.2, 0.25) is 5.91 Å². The molecule has 4 amide bonds. The summed E-state index contributed by atoms with van der Waals surface area (Å²) in [6, 6.07) is -0.448. The van der Waals surface area contributed by atoms with Gasteiger partial charge in [0, 0.05) is 6.54 Å². The maximum atomic E-state index is 12.8. The predicted octanol–water partition coefficient (Wildman–Crippen LogP) is 1.54. The number of amides is 4. The van der Waals surface area contributed by atoms with Crippen molar-refractivity contribution in [3.05, 3.63) is 0 Å². The quantitative estimate of drug-likeness (QED) is 0.602. The van der Waals surface area contributed by atoms with Gasteiger partial charge in [-0.15, -0.1) is 12.4 Å². The highest BCUT2D eigenvalue weighted by molar-refractivity contribution is 6.09. The van der Waals surface area contributed by atoms with Crippen LogP contribution in [0.4, 0.5) is 4.79 Å². The van der Waals surface area contributed by atoms with Crippen molar-refractivity contribution < 1.29 is 14.4 Å². The minimum atomic E-state index is -0.795. The van der Waals surface area contributed by atoms with Crippen molar-refractivity contribution in [2.75, 3.05) is 13.1 Å². The highest BCUT2D eigenvalue weighted by atomic mass is 35.5. The molecule has 1 heterocycles. The van der Waals surface area contributed by atoms with E-state index in [9.17, 15) is 14.4 Å². The molecule has 0 radical (unpaired) electrons. The van der Waals surface area contributed by atoms with Crippen LogP contribution in [-0.2, 0) is 9.59 Å². The highest BCUT2D eigenvalue weighted by Crippen LogP contribution is 2.39. The van der Waals surface area contributed by atoms with Gasteiger partial charge in [0.25, 0.3) is 5.91 Å². The van der Waals surface area contributed by atoms with Crippen LogP contribution in [0.15, 0.2) is 0 Å². The van der Waals surface area contributed by atoms with Crippen LogP contribution >= 0.6 is 12.4 Å². The number of rotatable bonds is 6. The molecule has 7 nitrogen and oxygen atoms in total. The fourth-order valence-corrected chi connectivity index (χ4v) is 4.28. The summed E-state index contributed by atoms with van der Waals surface area (Å²) in [6.07, 6.45) is 6.42. The Kier molecular flexibility index (Phi) is 6.23. The van der Waals surface area contributed by atoms with Gasteiger partial charge < -0.3 is 16.4 Å². The number of hydrogen-bond acceptors (Lipinski definition) is 4. The van der Waals surface area contributed by atoms with Gasteiger partial charge in [0.05, 0.1) is 5.54 Å². The van der Waals surface area contributed by atoms with Gasteiger partial charge in [-0.1, -0.05) is 13.3 Å². The molecule has 148 valence electrons. The molecule has 8 heteroatoms. The van der Waals surface area contributed by atoms with Gasteiger partial charge in [-0.2, -0.15) is 0 Å². The number of hydrogen-bond donors (Lipinski definition) is 3. The molecule has 1 aliphatic heterocycles. The first-order valence-corrected chi connectivity index (χ1v) is 9.49. The highest BCUT2D eigenvalue weighted by Gasteiger charge is 2.53. The van der Waals surface area contributed by atoms with E-state index < -0.39 is 17.1 Å². The van der Waals surface area contributed by atoms with Crippen LogP contribution in [-0.4, -0.2) is 46.9 Å². The minimum absolute atomic E-state index is 0. The molecule has 1 unspecified atom stereocenters. The van der Waals surface area contributed by atoms with Crippen LogP contribution in [0.2, 0.25) is 0 Å². The summed E-state index contributed by atoms with van der Waals surface area (Å²) in [7, 11) is 0. The van der Waals surface area contributed by atoms with Crippen molar-refractivity contribution in [2.45, 2.75) is 69.9 Å². The van der Waals surface area contributed by atoms with Gasteiger partial charge in [-0.3, -0.25) is 14.5 Å². The molecule has 2 saturated carbocycles. The molecule has 4 N–H and O–H groups in total. The molecule has 1 spiro atoms. The Morgan fingerprint density at radius 3 is 2.42 bits per heavy atom. The lowest BCUT2D eigenvalue weighted by molar-refractivity contribution is -0.136. The average Bonchev–Trinajstić information content (AvgIpc) is 3.42. The van der Waals surface area contributed by atoms with E-state index in [-0.39, 0.29) is 30.8 Å². The van der Waals surface area contributed by atoms with Crippen molar-refractivity contribution in [3.8, 4) is 0 Å². The number of nitrogens with one attached hydrogen (secondary N) is 2. The summed E-state index contributed by atoms with van der Waals surface area (Å²) >= 11 is 0. The number of nitrogens with two attached hydrogens (primary N) is 1. The molecular formula is C18H31ClN4O3. The van der Waals surface area contributed by atoms with Crippen LogP contribution in [0, 0.1) is 11.8 Å². The van der Waals surface area contributed by atoms with E-state index in [4.69, 9.17) is 5.73 Å². The van der Waals surface area contributed by atoms with Crippen molar-refractivity contribution in [1.82, 2.24) is 15.5 Å². The predicted molar refractivity (Wildman–Crippen MR) is 101 cm³/mol. The monoisotopic (exact) mass is 386 g/mol. The third kappa shape index (κ3) is 3.83. The van der Waals surface area contributed by atoms with E-state index in [2.05, 4.69) is 17.6 Å². The zero-order valence-corrected chi connectivity index (χ0v) is 16.5. The summed E-state index contributed by atoms with van der Waals surface area (Å²) in [5, 5.41) is 5.81. The van der Waals surface area contributed by atoms with E-state index in [1.165, 1.54) is 0 Å². The van der Waals surface area contributed by atoms with E-state index >= 15 is 0 Å². The lowest BCUT2D eigenvalue weighted by Crippen LogP contribution is -2.56. The van der Waals surface area contributed by atoms with Gasteiger partial charge >= 0.3 is 6.03 Å². The Bertz CT molecular complexity index is 573. The first-order valence-electron chi connectivity index (χ1n) is 9.49. The van der Waals surface area contributed by atoms with E-state index in [0.29, 0.717) is 31.2 Å². The number of nitrogens with zero attached hydrogens (tertiary/aromatic N) is 1. The van der Waals surface area contributed by atoms with Gasteiger partial charge in [0.1, 0.15) is 12.1 Å². The van der Waals surface area contributed by atoms with Crippen LogP contribution in [0.5, 0.6) is 0 Å². The molecule has 1 saturated heterocycles. The lowest BCUT2D eigenvalue weighted by atomic mass is 9.75. The second kappa shape index (κ2) is 7.72. The smallest absolute Gasteiger partial charge is 0.325 e. The standard InChI is InChI=1S/C18H30N4O3.ClH/c1-3-12-6-8-18(9-7-12)15(24)22(16(25)21-18)10-14(23)20-17(2,11-19)13-4-5-13;/h12-13H,3-11,19H2,1-2H3,(H,20,23)(H,21,25);1H. The summed E-state index contributed by atoms with van der Waals surface area (Å²) in [6.45, 7) is 4.21. The van der Waals surface area contributed by atoms with Crippen molar-refractivity contribution in [3.63, 3.8) is 0 Å². The Labute approximate surface area is 161 Å². The Morgan fingerprint density at radius 2 is 1.92 bits per heavy atom. The molecule has 26 heavy (non-hydrogen) atoms. The summed E-state index contributed by atoms with van der Waals surface area (Å²) in [4.78, 5) is 38.7. The zero-order chi connectivity index (χ0) is 18.2. The number of halogens is 1. The number of imide groups is 1. The number of urea groups is 1. The molecule has 0 aromatic heterocycles. The topological polar surface area (TPSA) is 105 Å². The Morgan fingerprint density at radius 1 is 1.31 bits per heavy atom. The largest absolute Gasteiger partial charge is 0.348 e. The SMILES string of the molecule is CCC1CCC2(CC1)NC(=O)N(CC(=O)NC(C)(CN)C1CC1)C2=O.Cl. The van der Waals surface area contributed by atoms with Gasteiger partial charge in [-0.05, 0) is 57.3 Å². The normalized spacial score (nSPS) is 30.6. The van der Waals surface area contributed by atoms with E-state index in [1.807, 2.05) is 6.92 Å². The van der Waals surface area contributed by atoms with Crippen molar-refractivity contribution >= 4 is 30.3 Å². The number of carbonyl (C=O) groups is 3. The molecule has 2 aliphatic carbocycles. The number of carbonyl (C=O) groups excluding carboxylic acids is 3. The molecule has 1 atom stereocenters. The molecule has 3 fully saturated rings. The molecule has 0 aromatic rings. The van der Waals surface area contributed by atoms with Crippen LogP contribution in [0.25, 0.3) is 0 Å². The maximum absolute atomic E-state index is 12.8. The van der Waals surface area contributed by atoms with Gasteiger partial charge in [0.15, 0.2) is 0 Å². The first-order chi connectivity index (χ1) is 11.8. The zero-order valence-electron chi connectivity index (χ0n) is 15.7. The van der Waals surface area contributed by atoms with E-state index in [0.717, 1.165) is 37.0 Å². The minimum Gasteiger partial charge on any atom is -0.348 e. The Balaban J connectivity index is 0.00000243. The van der Waals surface area contributed by atoms with Crippen LogP contribution in [0.1, 0.15) is 58.8 Å². The third-order valence-electron chi connectivity index (χ3n) is 6.41. The Hall–Kier alpha value is -1.34. The third-order valence-corrected chi connectivity index (χ3v) is 6.41. The first kappa shape index (κ1) is 21.0. The fraction of sp³-hybridized carbons (Fsp3) is 0.833. The van der Waals surface area contributed by atoms with Crippen LogP contribution < -0.4 is 16.4 Å². The molecule has 3 aliphatic rings. The lowest BCUT2D eigenvalue weighted by Gasteiger charge is -2.34. The maximum Gasteiger partial charge on any atom is 0.325 e. The van der Waals surface area contributed by atoms with Crippen molar-refractivity contribution in [2.24, 2.45) is 17.6 Å². The van der Waals surface area contributed by atoms with Gasteiger partial charge in [-0.25, -0.2) is 4.79 Å². The second-order valence-electron chi connectivity index (χ2n) is 8.20. The molecule has 0 aromatic carbocycles. The molecular weight excluding hydrogens is 356 g/mol. The molecule has 3 rings (SSSR count). The average molecular weight is 387 g/mol. The second-order valence-corrected chi connectivity index (χ2v) is 8.20. The molecule has 0 bridgehead atoms. The summed E-state index contributed by atoms with van der Waals surface area (Å²) in [5.74, 6) is 0.447.